The molecule has 4 heteroatoms. The third-order valence-corrected chi connectivity index (χ3v) is 7.02. The van der Waals surface area contributed by atoms with E-state index in [1.165, 1.54) is 0 Å². The lowest BCUT2D eigenvalue weighted by molar-refractivity contribution is 0.0348. The Hall–Kier alpha value is -2.82. The molecule has 1 aliphatic heterocycles. The Bertz CT molecular complexity index is 923. The first-order valence-corrected chi connectivity index (χ1v) is 11.5. The SMILES string of the molecule is O=C(c1ccccc1)C1CNCC(C(=O)c2ccccc2)C1C1(CCCO)C=CC=CC1. The molecular weight excluding hydrogens is 398 g/mol. The largest absolute Gasteiger partial charge is 0.396 e. The van der Waals surface area contributed by atoms with E-state index in [2.05, 4.69) is 17.5 Å². The number of benzene rings is 2. The first-order chi connectivity index (χ1) is 15.7. The zero-order chi connectivity index (χ0) is 22.4. The number of rotatable bonds is 8. The van der Waals surface area contributed by atoms with Crippen LogP contribution >= 0.6 is 0 Å². The maximum absolute atomic E-state index is 13.7. The van der Waals surface area contributed by atoms with Gasteiger partial charge in [-0.25, -0.2) is 0 Å². The van der Waals surface area contributed by atoms with E-state index in [4.69, 9.17) is 0 Å². The van der Waals surface area contributed by atoms with Crippen LogP contribution in [0.3, 0.4) is 0 Å². The average Bonchev–Trinajstić information content (AvgIpc) is 2.87. The lowest BCUT2D eigenvalue weighted by Crippen LogP contribution is -2.55. The number of carbonyl (C=O) groups excluding carboxylic acids is 2. The van der Waals surface area contributed by atoms with Crippen LogP contribution < -0.4 is 5.32 Å². The molecular formula is C28H31NO3. The highest BCUT2D eigenvalue weighted by atomic mass is 16.3. The van der Waals surface area contributed by atoms with Crippen LogP contribution in [0, 0.1) is 23.2 Å². The summed E-state index contributed by atoms with van der Waals surface area (Å²) in [5.41, 5.74) is 1.03. The molecule has 4 rings (SSSR count). The fourth-order valence-electron chi connectivity index (χ4n) is 5.56. The Morgan fingerprint density at radius 1 is 0.875 bits per heavy atom. The highest BCUT2D eigenvalue weighted by molar-refractivity contribution is 6.01. The number of carbonyl (C=O) groups is 2. The summed E-state index contributed by atoms with van der Waals surface area (Å²) in [4.78, 5) is 27.5. The van der Waals surface area contributed by atoms with E-state index in [0.717, 1.165) is 12.8 Å². The van der Waals surface area contributed by atoms with Gasteiger partial charge in [-0.15, -0.1) is 0 Å². The average molecular weight is 430 g/mol. The molecule has 1 heterocycles. The van der Waals surface area contributed by atoms with Gasteiger partial charge in [0.2, 0.25) is 0 Å². The van der Waals surface area contributed by atoms with Gasteiger partial charge in [0.15, 0.2) is 11.6 Å². The molecule has 0 bridgehead atoms. The van der Waals surface area contributed by atoms with Crippen LogP contribution in [0.1, 0.15) is 40.0 Å². The molecule has 2 aromatic rings. The van der Waals surface area contributed by atoms with E-state index >= 15 is 0 Å². The predicted octanol–water partition coefficient (Wildman–Crippen LogP) is 4.48. The molecule has 0 amide bonds. The molecule has 0 saturated carbocycles. The number of aliphatic hydroxyl groups excluding tert-OH is 1. The number of piperidine rings is 1. The van der Waals surface area contributed by atoms with E-state index in [-0.39, 0.29) is 41.3 Å². The Balaban J connectivity index is 1.78. The molecule has 2 N–H and O–H groups in total. The van der Waals surface area contributed by atoms with Crippen molar-refractivity contribution in [2.24, 2.45) is 23.2 Å². The fraction of sp³-hybridized carbons (Fsp3) is 0.357. The van der Waals surface area contributed by atoms with Gasteiger partial charge < -0.3 is 10.4 Å². The van der Waals surface area contributed by atoms with Crippen LogP contribution in [-0.2, 0) is 0 Å². The van der Waals surface area contributed by atoms with Crippen molar-refractivity contribution >= 4 is 11.6 Å². The summed E-state index contributed by atoms with van der Waals surface area (Å²) in [6.45, 7) is 1.20. The second-order valence-electron chi connectivity index (χ2n) is 8.91. The lowest BCUT2D eigenvalue weighted by Gasteiger charge is -2.49. The highest BCUT2D eigenvalue weighted by Gasteiger charge is 2.51. The van der Waals surface area contributed by atoms with Gasteiger partial charge in [-0.2, -0.15) is 0 Å². The summed E-state index contributed by atoms with van der Waals surface area (Å²) >= 11 is 0. The monoisotopic (exact) mass is 429 g/mol. The van der Waals surface area contributed by atoms with Crippen molar-refractivity contribution in [2.75, 3.05) is 19.7 Å². The zero-order valence-corrected chi connectivity index (χ0v) is 18.3. The molecule has 4 nitrogen and oxygen atoms in total. The van der Waals surface area contributed by atoms with Crippen molar-refractivity contribution in [1.82, 2.24) is 5.32 Å². The van der Waals surface area contributed by atoms with Gasteiger partial charge in [0.1, 0.15) is 0 Å². The minimum absolute atomic E-state index is 0.0833. The second-order valence-corrected chi connectivity index (χ2v) is 8.91. The van der Waals surface area contributed by atoms with Gasteiger partial charge >= 0.3 is 0 Å². The number of nitrogens with one attached hydrogen (secondary N) is 1. The third kappa shape index (κ3) is 4.52. The number of ketones is 2. The van der Waals surface area contributed by atoms with Crippen molar-refractivity contribution in [2.45, 2.75) is 19.3 Å². The van der Waals surface area contributed by atoms with Crippen LogP contribution in [0.5, 0.6) is 0 Å². The molecule has 32 heavy (non-hydrogen) atoms. The quantitative estimate of drug-likeness (QED) is 0.607. The van der Waals surface area contributed by atoms with Gasteiger partial charge in [-0.3, -0.25) is 9.59 Å². The van der Waals surface area contributed by atoms with E-state index in [1.54, 1.807) is 0 Å². The molecule has 3 unspecified atom stereocenters. The Labute approximate surface area is 190 Å². The number of Topliss-reactive ketones (excluding diaryl/α,β-unsaturated/α-hetero) is 2. The van der Waals surface area contributed by atoms with Crippen LogP contribution in [-0.4, -0.2) is 36.4 Å². The Morgan fingerprint density at radius 2 is 1.44 bits per heavy atom. The minimum atomic E-state index is -0.343. The maximum Gasteiger partial charge on any atom is 0.167 e. The normalized spacial score (nSPS) is 27.2. The van der Waals surface area contributed by atoms with Gasteiger partial charge in [0.25, 0.3) is 0 Å². The maximum atomic E-state index is 13.7. The molecule has 0 spiro atoms. The standard InChI is InChI=1S/C28H31NO3/c30-18-10-17-28(15-8-3-9-16-28)25-23(26(31)21-11-4-1-5-12-21)19-29-20-24(25)27(32)22-13-6-2-7-14-22/h1-9,11-15,23-25,29-30H,10,16-20H2. The molecule has 0 radical (unpaired) electrons. The number of hydrogen-bond acceptors (Lipinski definition) is 4. The zero-order valence-electron chi connectivity index (χ0n) is 18.3. The Morgan fingerprint density at radius 3 is 1.91 bits per heavy atom. The predicted molar refractivity (Wildman–Crippen MR) is 127 cm³/mol. The minimum Gasteiger partial charge on any atom is -0.396 e. The summed E-state index contributed by atoms with van der Waals surface area (Å²) in [5, 5.41) is 13.0. The summed E-state index contributed by atoms with van der Waals surface area (Å²) in [7, 11) is 0. The first kappa shape index (κ1) is 22.4. The van der Waals surface area contributed by atoms with Crippen molar-refractivity contribution in [1.29, 1.82) is 0 Å². The summed E-state index contributed by atoms with van der Waals surface area (Å²) in [6.07, 6.45) is 10.5. The molecule has 2 aromatic carbocycles. The van der Waals surface area contributed by atoms with E-state index in [1.807, 2.05) is 72.8 Å². The molecule has 166 valence electrons. The van der Waals surface area contributed by atoms with Gasteiger partial charge in [0.05, 0.1) is 0 Å². The Kier molecular flexibility index (Phi) is 7.13. The van der Waals surface area contributed by atoms with Crippen molar-refractivity contribution in [3.05, 3.63) is 96.1 Å². The summed E-state index contributed by atoms with van der Waals surface area (Å²) in [5.74, 6) is -0.630. The molecule has 0 aromatic heterocycles. The highest BCUT2D eigenvalue weighted by Crippen LogP contribution is 2.50. The van der Waals surface area contributed by atoms with E-state index < -0.39 is 0 Å². The van der Waals surface area contributed by atoms with Crippen LogP contribution in [0.15, 0.2) is 85.0 Å². The molecule has 2 aliphatic rings. The molecule has 1 fully saturated rings. The first-order valence-electron chi connectivity index (χ1n) is 11.5. The molecule has 1 saturated heterocycles. The van der Waals surface area contributed by atoms with E-state index in [0.29, 0.717) is 30.6 Å². The van der Waals surface area contributed by atoms with Gasteiger partial charge in [0, 0.05) is 42.7 Å². The van der Waals surface area contributed by atoms with Crippen LogP contribution in [0.2, 0.25) is 0 Å². The number of hydrogen-bond donors (Lipinski definition) is 2. The van der Waals surface area contributed by atoms with E-state index in [9.17, 15) is 14.7 Å². The lowest BCUT2D eigenvalue weighted by atomic mass is 9.56. The van der Waals surface area contributed by atoms with Crippen LogP contribution in [0.4, 0.5) is 0 Å². The van der Waals surface area contributed by atoms with Crippen LogP contribution in [0.25, 0.3) is 0 Å². The second kappa shape index (κ2) is 10.2. The summed E-state index contributed by atoms with van der Waals surface area (Å²) in [6, 6.07) is 18.8. The van der Waals surface area contributed by atoms with Gasteiger partial charge in [-0.05, 0) is 30.6 Å². The molecule has 3 atom stereocenters. The summed E-state index contributed by atoms with van der Waals surface area (Å²) < 4.78 is 0. The van der Waals surface area contributed by atoms with Crippen molar-refractivity contribution in [3.8, 4) is 0 Å². The number of allylic oxidation sites excluding steroid dienone is 4. The smallest absolute Gasteiger partial charge is 0.167 e. The van der Waals surface area contributed by atoms with Crippen molar-refractivity contribution < 1.29 is 14.7 Å². The molecule has 1 aliphatic carbocycles. The topological polar surface area (TPSA) is 66.4 Å². The van der Waals surface area contributed by atoms with Crippen molar-refractivity contribution in [3.63, 3.8) is 0 Å². The number of aliphatic hydroxyl groups is 1. The fourth-order valence-corrected chi connectivity index (χ4v) is 5.56. The third-order valence-electron chi connectivity index (χ3n) is 7.02. The van der Waals surface area contributed by atoms with Gasteiger partial charge in [-0.1, -0.05) is 85.0 Å².